The van der Waals surface area contributed by atoms with Crippen LogP contribution in [0.1, 0.15) is 18.4 Å². The zero-order valence-electron chi connectivity index (χ0n) is 21.8. The molecule has 204 valence electrons. The second kappa shape index (κ2) is 10.5. The van der Waals surface area contributed by atoms with Gasteiger partial charge in [0.25, 0.3) is 0 Å². The summed E-state index contributed by atoms with van der Waals surface area (Å²) in [4.78, 5) is 16.6. The number of aromatic nitrogens is 4. The lowest BCUT2D eigenvalue weighted by Gasteiger charge is -2.42. The summed E-state index contributed by atoms with van der Waals surface area (Å²) < 4.78 is 27.0. The molecule has 40 heavy (non-hydrogen) atoms. The average molecular weight is 593 g/mol. The van der Waals surface area contributed by atoms with Crippen LogP contribution in [0, 0.1) is 0 Å². The van der Waals surface area contributed by atoms with Crippen LogP contribution in [-0.2, 0) is 15.3 Å². The molecule has 0 radical (unpaired) electrons. The lowest BCUT2D eigenvalue weighted by molar-refractivity contribution is 0.362. The summed E-state index contributed by atoms with van der Waals surface area (Å²) >= 11 is 12.8. The van der Waals surface area contributed by atoms with E-state index in [1.54, 1.807) is 6.33 Å². The molecule has 1 aliphatic heterocycles. The van der Waals surface area contributed by atoms with Gasteiger partial charge in [0.05, 0.1) is 10.8 Å². The molecule has 0 aliphatic carbocycles. The fourth-order valence-corrected chi connectivity index (χ4v) is 7.53. The maximum absolute atomic E-state index is 12.5. The smallest absolute Gasteiger partial charge is 0.170 e. The fraction of sp³-hybridized carbons (Fsp3) is 0.233. The molecule has 7 nitrogen and oxygen atoms in total. The Morgan fingerprint density at radius 2 is 1.55 bits per heavy atom. The second-order valence-electron chi connectivity index (χ2n) is 10.3. The predicted molar refractivity (Wildman–Crippen MR) is 161 cm³/mol. The third kappa shape index (κ3) is 5.07. The molecule has 1 fully saturated rings. The van der Waals surface area contributed by atoms with E-state index in [1.165, 1.54) is 6.26 Å². The van der Waals surface area contributed by atoms with Gasteiger partial charge < -0.3 is 4.90 Å². The van der Waals surface area contributed by atoms with Crippen LogP contribution in [0.5, 0.6) is 0 Å². The first-order valence-corrected chi connectivity index (χ1v) is 15.8. The highest BCUT2D eigenvalue weighted by Gasteiger charge is 2.40. The maximum atomic E-state index is 12.5. The van der Waals surface area contributed by atoms with Crippen molar-refractivity contribution in [3.8, 4) is 17.1 Å². The molecular formula is C30H27Cl2N5O2S. The van der Waals surface area contributed by atoms with Crippen LogP contribution in [0.3, 0.4) is 0 Å². The van der Waals surface area contributed by atoms with E-state index < -0.39 is 15.3 Å². The summed E-state index contributed by atoms with van der Waals surface area (Å²) in [6.07, 6.45) is 4.21. The molecule has 0 N–H and O–H groups in total. The minimum atomic E-state index is -3.20. The molecule has 3 heterocycles. The Hall–Kier alpha value is -3.46. The molecule has 2 aromatic heterocycles. The van der Waals surface area contributed by atoms with Crippen LogP contribution in [-0.4, -0.2) is 53.0 Å². The van der Waals surface area contributed by atoms with Gasteiger partial charge in [-0.25, -0.2) is 23.4 Å². The average Bonchev–Trinajstić information content (AvgIpc) is 3.33. The highest BCUT2D eigenvalue weighted by molar-refractivity contribution is 7.90. The Bertz CT molecular complexity index is 1780. The molecule has 0 atom stereocenters. The number of hydrogen-bond acceptors (Lipinski definition) is 6. The predicted octanol–water partition coefficient (Wildman–Crippen LogP) is 6.37. The highest BCUT2D eigenvalue weighted by atomic mass is 35.5. The first-order valence-electron chi connectivity index (χ1n) is 13.0. The first kappa shape index (κ1) is 26.7. The van der Waals surface area contributed by atoms with Gasteiger partial charge in [-0.1, -0.05) is 65.7 Å². The lowest BCUT2D eigenvalue weighted by Crippen LogP contribution is -2.46. The molecular weight excluding hydrogens is 565 g/mol. The molecule has 3 aromatic carbocycles. The van der Waals surface area contributed by atoms with Crippen LogP contribution in [0.25, 0.3) is 28.2 Å². The SMILES string of the molecule is CS(=O)(=O)CC1(c2ccccc2)CCN(c2ncnc3c2nc(-c2ccccc2Cl)n3-c2ccc(Cl)cc2)CC1. The number of nitrogens with zero attached hydrogens (tertiary/aromatic N) is 5. The summed E-state index contributed by atoms with van der Waals surface area (Å²) in [7, 11) is -3.20. The second-order valence-corrected chi connectivity index (χ2v) is 13.3. The van der Waals surface area contributed by atoms with Crippen molar-refractivity contribution < 1.29 is 8.42 Å². The van der Waals surface area contributed by atoms with Gasteiger partial charge in [-0.05, 0) is 54.8 Å². The Labute approximate surface area is 243 Å². The summed E-state index contributed by atoms with van der Waals surface area (Å²) in [6.45, 7) is 1.26. The van der Waals surface area contributed by atoms with Crippen LogP contribution >= 0.6 is 23.2 Å². The Balaban J connectivity index is 1.44. The number of benzene rings is 3. The quantitative estimate of drug-likeness (QED) is 0.228. The van der Waals surface area contributed by atoms with Gasteiger partial charge in [0.15, 0.2) is 17.0 Å². The summed E-state index contributed by atoms with van der Waals surface area (Å²) in [5, 5.41) is 1.21. The number of sulfone groups is 1. The van der Waals surface area contributed by atoms with E-state index in [9.17, 15) is 8.42 Å². The normalized spacial score (nSPS) is 15.4. The van der Waals surface area contributed by atoms with Crippen LogP contribution in [0.15, 0.2) is 85.2 Å². The van der Waals surface area contributed by atoms with E-state index in [2.05, 4.69) is 14.9 Å². The van der Waals surface area contributed by atoms with Gasteiger partial charge >= 0.3 is 0 Å². The van der Waals surface area contributed by atoms with Gasteiger partial charge in [0, 0.05) is 41.0 Å². The number of halogens is 2. The van der Waals surface area contributed by atoms with E-state index in [4.69, 9.17) is 28.2 Å². The number of fused-ring (bicyclic) bond motifs is 1. The van der Waals surface area contributed by atoms with Gasteiger partial charge in [-0.3, -0.25) is 4.57 Å². The summed E-state index contributed by atoms with van der Waals surface area (Å²) in [6, 6.07) is 25.1. The van der Waals surface area contributed by atoms with Gasteiger partial charge in [-0.2, -0.15) is 0 Å². The fourth-order valence-electron chi connectivity index (χ4n) is 5.73. The largest absolute Gasteiger partial charge is 0.355 e. The van der Waals surface area contributed by atoms with E-state index in [-0.39, 0.29) is 5.75 Å². The number of anilines is 1. The van der Waals surface area contributed by atoms with Crippen molar-refractivity contribution in [3.05, 3.63) is 101 Å². The first-order chi connectivity index (χ1) is 19.2. The Kier molecular flexibility index (Phi) is 7.02. The molecule has 0 saturated carbocycles. The zero-order chi connectivity index (χ0) is 27.9. The van der Waals surface area contributed by atoms with Crippen molar-refractivity contribution in [2.24, 2.45) is 0 Å². The minimum absolute atomic E-state index is 0.110. The maximum Gasteiger partial charge on any atom is 0.170 e. The summed E-state index contributed by atoms with van der Waals surface area (Å²) in [5.74, 6) is 1.48. The van der Waals surface area contributed by atoms with Crippen molar-refractivity contribution in [2.75, 3.05) is 30.0 Å². The Morgan fingerprint density at radius 3 is 2.23 bits per heavy atom. The van der Waals surface area contributed by atoms with E-state index in [0.717, 1.165) is 16.8 Å². The number of imidazole rings is 1. The molecule has 0 spiro atoms. The van der Waals surface area contributed by atoms with Crippen molar-refractivity contribution in [3.63, 3.8) is 0 Å². The molecule has 0 amide bonds. The molecule has 5 aromatic rings. The Morgan fingerprint density at radius 1 is 0.875 bits per heavy atom. The number of piperidine rings is 1. The van der Waals surface area contributed by atoms with Crippen LogP contribution < -0.4 is 4.90 Å². The number of hydrogen-bond donors (Lipinski definition) is 0. The van der Waals surface area contributed by atoms with Gasteiger partial charge in [0.1, 0.15) is 22.0 Å². The number of rotatable bonds is 6. The zero-order valence-corrected chi connectivity index (χ0v) is 24.2. The van der Waals surface area contributed by atoms with Crippen molar-refractivity contribution in [2.45, 2.75) is 18.3 Å². The molecule has 1 aliphatic rings. The lowest BCUT2D eigenvalue weighted by atomic mass is 9.74. The molecule has 1 saturated heterocycles. The van der Waals surface area contributed by atoms with Crippen molar-refractivity contribution >= 4 is 50.0 Å². The standard InChI is InChI=1S/C30H27Cl2N5O2S/c1-40(38,39)19-30(21-7-3-2-4-8-21)15-17-36(18-16-30)28-26-29(34-20-33-28)37(23-13-11-22(31)12-14-23)27(35-26)24-9-5-6-10-25(24)32/h2-14,20H,15-19H2,1H3. The third-order valence-corrected chi connectivity index (χ3v) is 9.23. The monoisotopic (exact) mass is 591 g/mol. The van der Waals surface area contributed by atoms with Crippen LogP contribution in [0.4, 0.5) is 5.82 Å². The van der Waals surface area contributed by atoms with E-state index in [1.807, 2.05) is 83.4 Å². The minimum Gasteiger partial charge on any atom is -0.355 e. The van der Waals surface area contributed by atoms with Crippen molar-refractivity contribution in [1.29, 1.82) is 0 Å². The summed E-state index contributed by atoms with van der Waals surface area (Å²) in [5.41, 5.74) is 3.53. The topological polar surface area (TPSA) is 81.0 Å². The van der Waals surface area contributed by atoms with Crippen molar-refractivity contribution in [1.82, 2.24) is 19.5 Å². The molecule has 10 heteroatoms. The van der Waals surface area contributed by atoms with Gasteiger partial charge in [-0.15, -0.1) is 0 Å². The third-order valence-electron chi connectivity index (χ3n) is 7.57. The van der Waals surface area contributed by atoms with Crippen LogP contribution in [0.2, 0.25) is 10.0 Å². The molecule has 6 rings (SSSR count). The van der Waals surface area contributed by atoms with E-state index >= 15 is 0 Å². The molecule has 0 bridgehead atoms. The van der Waals surface area contributed by atoms with Gasteiger partial charge in [0.2, 0.25) is 0 Å². The highest BCUT2D eigenvalue weighted by Crippen LogP contribution is 2.40. The van der Waals surface area contributed by atoms with E-state index in [0.29, 0.717) is 58.8 Å². The molecule has 0 unspecified atom stereocenters.